The van der Waals surface area contributed by atoms with Gasteiger partial charge in [-0.3, -0.25) is 0 Å². The largest absolute Gasteiger partial charge is 0.366 e. The molecule has 0 saturated carbocycles. The van der Waals surface area contributed by atoms with Gasteiger partial charge >= 0.3 is 0 Å². The van der Waals surface area contributed by atoms with E-state index in [0.717, 1.165) is 0 Å². The van der Waals surface area contributed by atoms with Gasteiger partial charge < -0.3 is 5.73 Å². The Kier molecular flexibility index (Phi) is 1.06. The Morgan fingerprint density at radius 2 is 2.36 bits per heavy atom. The second-order valence-corrected chi connectivity index (χ2v) is 2.12. The molecule has 2 rings (SSSR count). The van der Waals surface area contributed by atoms with E-state index in [1.54, 1.807) is 0 Å². The van der Waals surface area contributed by atoms with Gasteiger partial charge in [-0.1, -0.05) is 0 Å². The zero-order chi connectivity index (χ0) is 7.84. The number of fused-ring (bicyclic) bond motifs is 1. The molecule has 0 aromatic carbocycles. The van der Waals surface area contributed by atoms with Crippen molar-refractivity contribution in [1.29, 1.82) is 0 Å². The lowest BCUT2D eigenvalue weighted by Crippen LogP contribution is -1.88. The summed E-state index contributed by atoms with van der Waals surface area (Å²) in [5, 5.41) is 3.77. The van der Waals surface area contributed by atoms with Crippen molar-refractivity contribution in [2.24, 2.45) is 0 Å². The third kappa shape index (κ3) is 0.899. The molecule has 11 heavy (non-hydrogen) atoms. The molecule has 0 bridgehead atoms. The van der Waals surface area contributed by atoms with E-state index in [2.05, 4.69) is 10.1 Å². The third-order valence-corrected chi connectivity index (χ3v) is 1.32. The lowest BCUT2D eigenvalue weighted by atomic mass is 10.5. The molecule has 2 aromatic heterocycles. The molecule has 2 aromatic rings. The molecule has 56 valence electrons. The minimum atomic E-state index is -0.343. The second-order valence-electron chi connectivity index (χ2n) is 2.12. The van der Waals surface area contributed by atoms with E-state index in [4.69, 9.17) is 5.73 Å². The van der Waals surface area contributed by atoms with E-state index in [1.807, 2.05) is 0 Å². The molecule has 0 radical (unpaired) electrons. The lowest BCUT2D eigenvalue weighted by Gasteiger charge is -1.87. The van der Waals surface area contributed by atoms with E-state index >= 15 is 0 Å². The standard InChI is InChI=1S/C6H5FN4/c7-4-1-2-11-5(3-4)9-6(8)10-11/h1-3H,(H2,8,10). The number of anilines is 1. The van der Waals surface area contributed by atoms with Gasteiger partial charge in [-0.15, -0.1) is 5.10 Å². The summed E-state index contributed by atoms with van der Waals surface area (Å²) in [4.78, 5) is 3.76. The van der Waals surface area contributed by atoms with Crippen LogP contribution in [0.3, 0.4) is 0 Å². The average molecular weight is 152 g/mol. The fourth-order valence-electron chi connectivity index (χ4n) is 0.874. The lowest BCUT2D eigenvalue weighted by molar-refractivity contribution is 0.625. The van der Waals surface area contributed by atoms with Crippen molar-refractivity contribution < 1.29 is 4.39 Å². The van der Waals surface area contributed by atoms with Crippen LogP contribution in [0.4, 0.5) is 10.3 Å². The number of hydrogen-bond acceptors (Lipinski definition) is 3. The predicted molar refractivity (Wildman–Crippen MR) is 37.4 cm³/mol. The first-order valence-corrected chi connectivity index (χ1v) is 3.03. The van der Waals surface area contributed by atoms with Crippen LogP contribution in [-0.2, 0) is 0 Å². The van der Waals surface area contributed by atoms with Crippen molar-refractivity contribution in [2.75, 3.05) is 5.73 Å². The monoisotopic (exact) mass is 152 g/mol. The van der Waals surface area contributed by atoms with E-state index < -0.39 is 0 Å². The van der Waals surface area contributed by atoms with Crippen LogP contribution in [0.25, 0.3) is 5.65 Å². The number of halogens is 1. The van der Waals surface area contributed by atoms with Gasteiger partial charge in [-0.2, -0.15) is 4.98 Å². The Labute approximate surface area is 61.5 Å². The minimum absolute atomic E-state index is 0.149. The fourth-order valence-corrected chi connectivity index (χ4v) is 0.874. The Morgan fingerprint density at radius 1 is 1.55 bits per heavy atom. The summed E-state index contributed by atoms with van der Waals surface area (Å²) >= 11 is 0. The van der Waals surface area contributed by atoms with Gasteiger partial charge in [0.25, 0.3) is 0 Å². The molecule has 0 aliphatic rings. The first-order chi connectivity index (χ1) is 5.25. The number of rotatable bonds is 0. The smallest absolute Gasteiger partial charge is 0.240 e. The molecular formula is C6H5FN4. The van der Waals surface area contributed by atoms with Crippen LogP contribution < -0.4 is 5.73 Å². The number of aromatic nitrogens is 3. The summed E-state index contributed by atoms with van der Waals surface area (Å²) < 4.78 is 13.9. The highest BCUT2D eigenvalue weighted by atomic mass is 19.1. The molecule has 0 spiro atoms. The van der Waals surface area contributed by atoms with Crippen LogP contribution in [0.1, 0.15) is 0 Å². The first kappa shape index (κ1) is 6.09. The number of hydrogen-bond donors (Lipinski definition) is 1. The van der Waals surface area contributed by atoms with Gasteiger partial charge in [-0.25, -0.2) is 8.91 Å². The molecule has 0 amide bonds. The number of nitrogens with zero attached hydrogens (tertiary/aromatic N) is 3. The second kappa shape index (κ2) is 1.91. The normalized spacial score (nSPS) is 10.6. The zero-order valence-corrected chi connectivity index (χ0v) is 5.53. The van der Waals surface area contributed by atoms with Crippen LogP contribution in [0, 0.1) is 5.82 Å². The molecule has 0 aliphatic carbocycles. The maximum atomic E-state index is 12.5. The van der Waals surface area contributed by atoms with Gasteiger partial charge in [0.2, 0.25) is 5.95 Å². The Bertz CT molecular complexity index is 394. The topological polar surface area (TPSA) is 56.2 Å². The summed E-state index contributed by atoms with van der Waals surface area (Å²) in [5.74, 6) is -0.194. The summed E-state index contributed by atoms with van der Waals surface area (Å²) in [6, 6.07) is 2.56. The quantitative estimate of drug-likeness (QED) is 0.596. The highest BCUT2D eigenvalue weighted by molar-refractivity contribution is 5.41. The van der Waals surface area contributed by atoms with Crippen molar-refractivity contribution in [3.63, 3.8) is 0 Å². The molecule has 0 fully saturated rings. The summed E-state index contributed by atoms with van der Waals surface area (Å²) in [5.41, 5.74) is 5.69. The van der Waals surface area contributed by atoms with Crippen molar-refractivity contribution in [1.82, 2.24) is 14.6 Å². The van der Waals surface area contributed by atoms with Gasteiger partial charge in [0.15, 0.2) is 5.65 Å². The summed E-state index contributed by atoms with van der Waals surface area (Å²) in [6.07, 6.45) is 1.47. The Hall–Kier alpha value is -1.65. The van der Waals surface area contributed by atoms with Crippen LogP contribution in [0.15, 0.2) is 18.3 Å². The molecule has 0 aliphatic heterocycles. The molecule has 2 heterocycles. The maximum Gasteiger partial charge on any atom is 0.240 e. The van der Waals surface area contributed by atoms with Crippen molar-refractivity contribution in [3.8, 4) is 0 Å². The van der Waals surface area contributed by atoms with E-state index in [1.165, 1.54) is 22.8 Å². The van der Waals surface area contributed by atoms with E-state index in [9.17, 15) is 4.39 Å². The highest BCUT2D eigenvalue weighted by Gasteiger charge is 1.99. The first-order valence-electron chi connectivity index (χ1n) is 3.03. The molecule has 4 nitrogen and oxygen atoms in total. The Morgan fingerprint density at radius 3 is 3.18 bits per heavy atom. The van der Waals surface area contributed by atoms with E-state index in [0.29, 0.717) is 5.65 Å². The van der Waals surface area contributed by atoms with Crippen LogP contribution in [0.5, 0.6) is 0 Å². The van der Waals surface area contributed by atoms with Gasteiger partial charge in [0.1, 0.15) is 5.82 Å². The molecule has 5 heteroatoms. The minimum Gasteiger partial charge on any atom is -0.366 e. The van der Waals surface area contributed by atoms with Crippen LogP contribution in [0.2, 0.25) is 0 Å². The van der Waals surface area contributed by atoms with Gasteiger partial charge in [-0.05, 0) is 6.07 Å². The predicted octanol–water partition coefficient (Wildman–Crippen LogP) is 0.451. The number of nitrogen functional groups attached to an aromatic ring is 1. The van der Waals surface area contributed by atoms with Gasteiger partial charge in [0, 0.05) is 12.3 Å². The molecule has 2 N–H and O–H groups in total. The Balaban J connectivity index is 2.82. The third-order valence-electron chi connectivity index (χ3n) is 1.32. The maximum absolute atomic E-state index is 12.5. The zero-order valence-electron chi connectivity index (χ0n) is 5.53. The fraction of sp³-hybridized carbons (Fsp3) is 0. The van der Waals surface area contributed by atoms with Crippen LogP contribution in [-0.4, -0.2) is 14.6 Å². The van der Waals surface area contributed by atoms with Crippen molar-refractivity contribution >= 4 is 11.6 Å². The molecule has 0 saturated heterocycles. The van der Waals surface area contributed by atoms with Crippen LogP contribution >= 0.6 is 0 Å². The average Bonchev–Trinajstić information content (AvgIpc) is 2.27. The summed E-state index contributed by atoms with van der Waals surface area (Å²) in [7, 11) is 0. The molecule has 0 atom stereocenters. The number of nitrogens with two attached hydrogens (primary N) is 1. The van der Waals surface area contributed by atoms with E-state index in [-0.39, 0.29) is 11.8 Å². The highest BCUT2D eigenvalue weighted by Crippen LogP contribution is 2.03. The molecular weight excluding hydrogens is 147 g/mol. The van der Waals surface area contributed by atoms with Gasteiger partial charge in [0.05, 0.1) is 0 Å². The number of pyridine rings is 1. The van der Waals surface area contributed by atoms with Crippen molar-refractivity contribution in [3.05, 3.63) is 24.1 Å². The van der Waals surface area contributed by atoms with Crippen molar-refractivity contribution in [2.45, 2.75) is 0 Å². The SMILES string of the molecule is Nc1nc2cc(F)ccn2n1. The molecule has 0 unspecified atom stereocenters. The summed E-state index contributed by atoms with van der Waals surface area (Å²) in [6.45, 7) is 0.